The molecule has 10 nitrogen and oxygen atoms in total. The highest BCUT2D eigenvalue weighted by Gasteiger charge is 2.47. The lowest BCUT2D eigenvalue weighted by Crippen LogP contribution is -2.37. The summed E-state index contributed by atoms with van der Waals surface area (Å²) in [6.07, 6.45) is 2.70. The molecule has 27 heavy (non-hydrogen) atoms. The van der Waals surface area contributed by atoms with Crippen LogP contribution in [0.25, 0.3) is 22.2 Å². The second-order valence-electron chi connectivity index (χ2n) is 6.32. The number of nitriles is 1. The number of fused-ring (bicyclic) bond motifs is 1. The summed E-state index contributed by atoms with van der Waals surface area (Å²) in [7, 11) is 1.38. The van der Waals surface area contributed by atoms with Crippen LogP contribution >= 0.6 is 0 Å². The number of methoxy groups -OCH3 is 1. The second kappa shape index (κ2) is 7.05. The zero-order valence-electron chi connectivity index (χ0n) is 14.4. The van der Waals surface area contributed by atoms with E-state index in [0.717, 1.165) is 16.5 Å². The van der Waals surface area contributed by atoms with Gasteiger partial charge in [-0.15, -0.1) is 5.10 Å². The van der Waals surface area contributed by atoms with Gasteiger partial charge in [-0.2, -0.15) is 15.5 Å². The van der Waals surface area contributed by atoms with E-state index in [0.29, 0.717) is 5.65 Å². The average molecular weight is 370 g/mol. The molecule has 1 fully saturated rings. The predicted molar refractivity (Wildman–Crippen MR) is 92.1 cm³/mol. The first-order valence-corrected chi connectivity index (χ1v) is 8.38. The zero-order valence-corrected chi connectivity index (χ0v) is 14.4. The van der Waals surface area contributed by atoms with E-state index >= 15 is 0 Å². The van der Waals surface area contributed by atoms with E-state index < -0.39 is 30.6 Å². The van der Waals surface area contributed by atoms with Crippen molar-refractivity contribution in [2.45, 2.75) is 37.1 Å². The molecule has 1 aliphatic rings. The molecule has 3 N–H and O–H groups in total. The third-order valence-corrected chi connectivity index (χ3v) is 4.78. The lowest BCUT2D eigenvalue weighted by atomic mass is 10.0. The number of aliphatic hydroxyl groups excluding tert-OH is 2. The van der Waals surface area contributed by atoms with Crippen molar-refractivity contribution in [2.24, 2.45) is 0 Å². The molecule has 0 radical (unpaired) electrons. The van der Waals surface area contributed by atoms with Gasteiger partial charge in [0.2, 0.25) is 0 Å². The van der Waals surface area contributed by atoms with Crippen LogP contribution in [0.4, 0.5) is 0 Å². The quantitative estimate of drug-likeness (QED) is 0.585. The molecule has 4 rings (SSSR count). The highest BCUT2D eigenvalue weighted by Crippen LogP contribution is 2.33. The minimum Gasteiger partial charge on any atom is -0.387 e. The molecule has 3 aromatic rings. The van der Waals surface area contributed by atoms with E-state index in [1.54, 1.807) is 29.5 Å². The molecule has 1 aliphatic heterocycles. The van der Waals surface area contributed by atoms with Crippen LogP contribution in [0.5, 0.6) is 0 Å². The van der Waals surface area contributed by atoms with E-state index in [1.807, 2.05) is 6.07 Å². The number of aromatic amines is 1. The topological polar surface area (TPSA) is 142 Å². The van der Waals surface area contributed by atoms with Crippen LogP contribution in [0, 0.1) is 11.3 Å². The number of hydrogen-bond donors (Lipinski definition) is 3. The van der Waals surface area contributed by atoms with Crippen molar-refractivity contribution in [1.82, 2.24) is 25.0 Å². The van der Waals surface area contributed by atoms with Crippen molar-refractivity contribution < 1.29 is 19.7 Å². The number of nitrogens with one attached hydrogen (secondary N) is 1. The average Bonchev–Trinajstić information content (AvgIpc) is 3.40. The first-order valence-electron chi connectivity index (χ1n) is 8.38. The first-order chi connectivity index (χ1) is 13.1. The van der Waals surface area contributed by atoms with Gasteiger partial charge in [-0.3, -0.25) is 4.68 Å². The summed E-state index contributed by atoms with van der Waals surface area (Å²) < 4.78 is 12.2. The normalized spacial score (nSPS) is 26.3. The van der Waals surface area contributed by atoms with Gasteiger partial charge in [-0.1, -0.05) is 0 Å². The number of nitrogens with zero attached hydrogens (tertiary/aromatic N) is 5. The Kier molecular flexibility index (Phi) is 4.59. The fourth-order valence-corrected chi connectivity index (χ4v) is 3.40. The Labute approximate surface area is 154 Å². The minimum atomic E-state index is -1.19. The van der Waals surface area contributed by atoms with Gasteiger partial charge < -0.3 is 24.7 Å². The summed E-state index contributed by atoms with van der Waals surface area (Å²) in [5, 5.41) is 42.9. The molecular weight excluding hydrogens is 352 g/mol. The molecule has 0 amide bonds. The molecule has 5 atom stereocenters. The van der Waals surface area contributed by atoms with Crippen LogP contribution in [-0.2, 0) is 9.47 Å². The van der Waals surface area contributed by atoms with E-state index in [9.17, 15) is 15.5 Å². The number of rotatable bonds is 5. The minimum absolute atomic E-state index is 0.0418. The van der Waals surface area contributed by atoms with Crippen molar-refractivity contribution in [3.8, 4) is 17.2 Å². The van der Waals surface area contributed by atoms with Crippen LogP contribution < -0.4 is 0 Å². The Bertz CT molecular complexity index is 979. The predicted octanol–water partition coefficient (Wildman–Crippen LogP) is 0.369. The smallest absolute Gasteiger partial charge is 0.186 e. The SMILES string of the molecule is COC1OC(C(CC#N)n2cc(-c3cnnc4[nH]ccc34)cn2)C(O)C1O. The van der Waals surface area contributed by atoms with E-state index in [1.165, 1.54) is 7.11 Å². The first kappa shape index (κ1) is 17.6. The maximum Gasteiger partial charge on any atom is 0.186 e. The molecule has 10 heteroatoms. The monoisotopic (exact) mass is 370 g/mol. The van der Waals surface area contributed by atoms with Gasteiger partial charge in [0.1, 0.15) is 18.3 Å². The Morgan fingerprint density at radius 1 is 1.41 bits per heavy atom. The number of aromatic nitrogens is 5. The summed E-state index contributed by atoms with van der Waals surface area (Å²) in [6, 6.07) is 3.39. The van der Waals surface area contributed by atoms with Gasteiger partial charge in [0.25, 0.3) is 0 Å². The van der Waals surface area contributed by atoms with Crippen molar-refractivity contribution in [2.75, 3.05) is 7.11 Å². The Hall–Kier alpha value is -2.84. The van der Waals surface area contributed by atoms with Crippen molar-refractivity contribution >= 4 is 11.0 Å². The molecule has 3 aromatic heterocycles. The fraction of sp³-hybridized carbons (Fsp3) is 0.412. The number of H-pyrrole nitrogens is 1. The van der Waals surface area contributed by atoms with E-state index in [4.69, 9.17) is 9.47 Å². The van der Waals surface area contributed by atoms with Gasteiger partial charge in [-0.25, -0.2) is 0 Å². The Morgan fingerprint density at radius 2 is 2.26 bits per heavy atom. The van der Waals surface area contributed by atoms with E-state index in [-0.39, 0.29) is 6.42 Å². The highest BCUT2D eigenvalue weighted by molar-refractivity contribution is 5.91. The van der Waals surface area contributed by atoms with Crippen LogP contribution in [-0.4, -0.2) is 66.9 Å². The number of aliphatic hydroxyl groups is 2. The maximum absolute atomic E-state index is 10.3. The van der Waals surface area contributed by atoms with Gasteiger partial charge in [0, 0.05) is 36.0 Å². The Morgan fingerprint density at radius 3 is 3.00 bits per heavy atom. The highest BCUT2D eigenvalue weighted by atomic mass is 16.7. The largest absolute Gasteiger partial charge is 0.387 e. The van der Waals surface area contributed by atoms with Gasteiger partial charge in [0.15, 0.2) is 11.9 Å². The van der Waals surface area contributed by atoms with Gasteiger partial charge in [0.05, 0.1) is 30.9 Å². The molecule has 0 aliphatic carbocycles. The standard InChI is InChI=1S/C17H18N6O4/c1-26-17-14(25)13(24)15(27-17)12(2-4-18)23-8-9(6-21-23)11-7-20-22-16-10(11)3-5-19-16/h3,5-8,12-15,17,24-25H,2H2,1H3,(H,19,22). The zero-order chi connectivity index (χ0) is 19.0. The van der Waals surface area contributed by atoms with Crippen LogP contribution in [0.1, 0.15) is 12.5 Å². The molecule has 0 saturated carbocycles. The molecule has 0 spiro atoms. The second-order valence-corrected chi connectivity index (χ2v) is 6.32. The summed E-state index contributed by atoms with van der Waals surface area (Å²) >= 11 is 0. The molecule has 140 valence electrons. The fourth-order valence-electron chi connectivity index (χ4n) is 3.40. The lowest BCUT2D eigenvalue weighted by Gasteiger charge is -2.23. The van der Waals surface area contributed by atoms with Gasteiger partial charge >= 0.3 is 0 Å². The van der Waals surface area contributed by atoms with E-state index in [2.05, 4.69) is 26.3 Å². The van der Waals surface area contributed by atoms with Crippen LogP contribution in [0.15, 0.2) is 30.9 Å². The Balaban J connectivity index is 1.68. The number of ether oxygens (including phenoxy) is 2. The molecule has 1 saturated heterocycles. The molecule has 0 aromatic carbocycles. The summed E-state index contributed by atoms with van der Waals surface area (Å²) in [5.41, 5.74) is 2.29. The summed E-state index contributed by atoms with van der Waals surface area (Å²) in [5.74, 6) is 0. The van der Waals surface area contributed by atoms with Crippen molar-refractivity contribution in [3.63, 3.8) is 0 Å². The lowest BCUT2D eigenvalue weighted by molar-refractivity contribution is -0.154. The van der Waals surface area contributed by atoms with Gasteiger partial charge in [-0.05, 0) is 6.07 Å². The third kappa shape index (κ3) is 2.96. The third-order valence-electron chi connectivity index (χ3n) is 4.78. The summed E-state index contributed by atoms with van der Waals surface area (Å²) in [4.78, 5) is 3.01. The van der Waals surface area contributed by atoms with Crippen molar-refractivity contribution in [1.29, 1.82) is 5.26 Å². The maximum atomic E-state index is 10.3. The van der Waals surface area contributed by atoms with Crippen LogP contribution in [0.2, 0.25) is 0 Å². The molecule has 5 unspecified atom stereocenters. The van der Waals surface area contributed by atoms with Crippen molar-refractivity contribution in [3.05, 3.63) is 30.9 Å². The van der Waals surface area contributed by atoms with Crippen LogP contribution in [0.3, 0.4) is 0 Å². The molecule has 4 heterocycles. The molecule has 0 bridgehead atoms. The molecular formula is C17H18N6O4. The summed E-state index contributed by atoms with van der Waals surface area (Å²) in [6.45, 7) is 0. The number of hydrogen-bond acceptors (Lipinski definition) is 8.